The van der Waals surface area contributed by atoms with E-state index >= 15 is 0 Å². The Balaban J connectivity index is 1.94. The number of benzene rings is 2. The Morgan fingerprint density at radius 3 is 2.31 bits per heavy atom. The highest BCUT2D eigenvalue weighted by molar-refractivity contribution is 5.85. The van der Waals surface area contributed by atoms with Crippen LogP contribution in [0.5, 0.6) is 0 Å². The number of fused-ring (bicyclic) bond motifs is 2. The SMILES string of the molecule is Cc1c(Cn2ncc3ccc(F)c(C(C)(C)C)c32)cc2cn[nH]c2c1C(C)(C)C. The summed E-state index contributed by atoms with van der Waals surface area (Å²) in [6, 6.07) is 5.54. The van der Waals surface area contributed by atoms with Crippen LogP contribution in [0.25, 0.3) is 21.8 Å². The Hall–Kier alpha value is -2.69. The van der Waals surface area contributed by atoms with Crippen molar-refractivity contribution in [1.82, 2.24) is 20.0 Å². The van der Waals surface area contributed by atoms with Crippen molar-refractivity contribution in [1.29, 1.82) is 0 Å². The lowest BCUT2D eigenvalue weighted by molar-refractivity contribution is 0.523. The van der Waals surface area contributed by atoms with E-state index in [2.05, 4.69) is 49.1 Å². The van der Waals surface area contributed by atoms with Crippen molar-refractivity contribution in [3.05, 3.63) is 58.7 Å². The Morgan fingerprint density at radius 2 is 1.66 bits per heavy atom. The maximum absolute atomic E-state index is 14.8. The van der Waals surface area contributed by atoms with Gasteiger partial charge in [0.05, 0.1) is 30.0 Å². The van der Waals surface area contributed by atoms with E-state index < -0.39 is 0 Å². The molecule has 0 aliphatic heterocycles. The largest absolute Gasteiger partial charge is 0.278 e. The second kappa shape index (κ2) is 6.41. The number of H-pyrrole nitrogens is 1. The van der Waals surface area contributed by atoms with Crippen molar-refractivity contribution in [3.63, 3.8) is 0 Å². The number of nitrogens with zero attached hydrogens (tertiary/aromatic N) is 3. The number of halogens is 1. The van der Waals surface area contributed by atoms with Gasteiger partial charge in [-0.2, -0.15) is 10.2 Å². The average Bonchev–Trinajstić information content (AvgIpc) is 3.20. The van der Waals surface area contributed by atoms with E-state index in [1.165, 1.54) is 16.7 Å². The minimum absolute atomic E-state index is 0.0280. The van der Waals surface area contributed by atoms with Crippen LogP contribution >= 0.6 is 0 Å². The fourth-order valence-electron chi connectivity index (χ4n) is 4.50. The molecule has 29 heavy (non-hydrogen) atoms. The van der Waals surface area contributed by atoms with E-state index in [0.29, 0.717) is 12.1 Å². The third-order valence-electron chi connectivity index (χ3n) is 5.68. The molecule has 0 spiro atoms. The highest BCUT2D eigenvalue weighted by atomic mass is 19.1. The summed E-state index contributed by atoms with van der Waals surface area (Å²) in [5.41, 5.74) is 6.00. The third kappa shape index (κ3) is 3.22. The van der Waals surface area contributed by atoms with E-state index in [1.807, 2.05) is 43.9 Å². The van der Waals surface area contributed by atoms with Gasteiger partial charge in [-0.1, -0.05) is 41.5 Å². The van der Waals surface area contributed by atoms with E-state index in [-0.39, 0.29) is 16.6 Å². The second-order valence-corrected chi connectivity index (χ2v) is 10.0. The van der Waals surface area contributed by atoms with E-state index in [9.17, 15) is 4.39 Å². The zero-order chi connectivity index (χ0) is 21.1. The topological polar surface area (TPSA) is 46.5 Å². The lowest BCUT2D eigenvalue weighted by atomic mass is 9.81. The molecule has 0 bridgehead atoms. The summed E-state index contributed by atoms with van der Waals surface area (Å²) in [5, 5.41) is 14.1. The van der Waals surface area contributed by atoms with Crippen LogP contribution in [0, 0.1) is 12.7 Å². The summed E-state index contributed by atoms with van der Waals surface area (Å²) >= 11 is 0. The summed E-state index contributed by atoms with van der Waals surface area (Å²) in [7, 11) is 0. The van der Waals surface area contributed by atoms with Crippen LogP contribution in [0.1, 0.15) is 63.8 Å². The van der Waals surface area contributed by atoms with Crippen molar-refractivity contribution in [2.45, 2.75) is 65.8 Å². The van der Waals surface area contributed by atoms with Crippen LogP contribution < -0.4 is 0 Å². The summed E-state index contributed by atoms with van der Waals surface area (Å²) in [5.74, 6) is -0.177. The number of aromatic amines is 1. The average molecular weight is 393 g/mol. The van der Waals surface area contributed by atoms with Crippen molar-refractivity contribution < 1.29 is 4.39 Å². The van der Waals surface area contributed by atoms with Crippen LogP contribution in [0.2, 0.25) is 0 Å². The van der Waals surface area contributed by atoms with Gasteiger partial charge in [-0.3, -0.25) is 9.78 Å². The lowest BCUT2D eigenvalue weighted by Gasteiger charge is -2.25. The summed E-state index contributed by atoms with van der Waals surface area (Å²) in [4.78, 5) is 0. The van der Waals surface area contributed by atoms with Gasteiger partial charge in [0.2, 0.25) is 0 Å². The molecule has 0 saturated heterocycles. The first kappa shape index (κ1) is 19.6. The van der Waals surface area contributed by atoms with Gasteiger partial charge < -0.3 is 0 Å². The predicted octanol–water partition coefficient (Wildman–Crippen LogP) is 6.00. The first-order valence-electron chi connectivity index (χ1n) is 10.1. The van der Waals surface area contributed by atoms with Crippen LogP contribution in [-0.2, 0) is 17.4 Å². The molecule has 1 N–H and O–H groups in total. The molecule has 4 nitrogen and oxygen atoms in total. The molecule has 2 aromatic carbocycles. The summed E-state index contributed by atoms with van der Waals surface area (Å²) in [6.07, 6.45) is 3.70. The normalized spacial score (nSPS) is 13.0. The number of aromatic nitrogens is 4. The molecular weight excluding hydrogens is 363 g/mol. The number of nitrogens with one attached hydrogen (secondary N) is 1. The molecule has 5 heteroatoms. The summed E-state index contributed by atoms with van der Waals surface area (Å²) in [6.45, 7) is 15.5. The van der Waals surface area contributed by atoms with Crippen LogP contribution in [0.4, 0.5) is 4.39 Å². The van der Waals surface area contributed by atoms with Gasteiger partial charge in [0.1, 0.15) is 5.82 Å². The van der Waals surface area contributed by atoms with Gasteiger partial charge in [0, 0.05) is 16.3 Å². The molecule has 152 valence electrons. The lowest BCUT2D eigenvalue weighted by Crippen LogP contribution is -2.18. The fourth-order valence-corrected chi connectivity index (χ4v) is 4.50. The zero-order valence-corrected chi connectivity index (χ0v) is 18.3. The Bertz CT molecular complexity index is 1220. The van der Waals surface area contributed by atoms with Crippen molar-refractivity contribution in [2.24, 2.45) is 0 Å². The maximum Gasteiger partial charge on any atom is 0.129 e. The molecular formula is C24H29FN4. The van der Waals surface area contributed by atoms with Gasteiger partial charge in [-0.15, -0.1) is 0 Å². The molecule has 2 heterocycles. The van der Waals surface area contributed by atoms with Gasteiger partial charge in [-0.25, -0.2) is 4.39 Å². The van der Waals surface area contributed by atoms with E-state index in [4.69, 9.17) is 0 Å². The number of hydrogen-bond acceptors (Lipinski definition) is 2. The maximum atomic E-state index is 14.8. The van der Waals surface area contributed by atoms with E-state index in [0.717, 1.165) is 21.8 Å². The quantitative estimate of drug-likeness (QED) is 0.454. The molecule has 2 aromatic heterocycles. The molecule has 0 unspecified atom stereocenters. The minimum Gasteiger partial charge on any atom is -0.278 e. The van der Waals surface area contributed by atoms with Gasteiger partial charge in [-0.05, 0) is 52.6 Å². The first-order valence-corrected chi connectivity index (χ1v) is 10.1. The molecule has 0 atom stereocenters. The monoisotopic (exact) mass is 392 g/mol. The molecule has 0 aliphatic rings. The first-order chi connectivity index (χ1) is 13.5. The van der Waals surface area contributed by atoms with Crippen LogP contribution in [0.3, 0.4) is 0 Å². The Morgan fingerprint density at radius 1 is 0.966 bits per heavy atom. The second-order valence-electron chi connectivity index (χ2n) is 10.0. The van der Waals surface area contributed by atoms with Crippen LogP contribution in [0.15, 0.2) is 30.6 Å². The molecule has 0 fully saturated rings. The Labute approximate surface area is 171 Å². The van der Waals surface area contributed by atoms with E-state index in [1.54, 1.807) is 6.07 Å². The van der Waals surface area contributed by atoms with Crippen molar-refractivity contribution in [3.8, 4) is 0 Å². The molecule has 0 radical (unpaired) electrons. The fraction of sp³-hybridized carbons (Fsp3) is 0.417. The highest BCUT2D eigenvalue weighted by Gasteiger charge is 2.26. The standard InChI is InChI=1S/C24H29FN4/c1-14-17(10-16-11-26-28-21(16)19(14)23(2,3)4)13-29-22-15(12-27-29)8-9-18(25)20(22)24(5,6)7/h8-12H,13H2,1-7H3,(H,26,28). The van der Waals surface area contributed by atoms with Crippen molar-refractivity contribution >= 4 is 21.8 Å². The molecule has 0 amide bonds. The van der Waals surface area contributed by atoms with Gasteiger partial charge in [0.15, 0.2) is 0 Å². The number of rotatable bonds is 2. The van der Waals surface area contributed by atoms with Gasteiger partial charge >= 0.3 is 0 Å². The van der Waals surface area contributed by atoms with Crippen molar-refractivity contribution in [2.75, 3.05) is 0 Å². The number of hydrogen-bond donors (Lipinski definition) is 1. The van der Waals surface area contributed by atoms with Crippen LogP contribution in [-0.4, -0.2) is 20.0 Å². The summed E-state index contributed by atoms with van der Waals surface area (Å²) < 4.78 is 16.8. The Kier molecular flexibility index (Phi) is 4.34. The third-order valence-corrected chi connectivity index (χ3v) is 5.68. The molecule has 4 rings (SSSR count). The zero-order valence-electron chi connectivity index (χ0n) is 18.3. The predicted molar refractivity (Wildman–Crippen MR) is 117 cm³/mol. The molecule has 0 saturated carbocycles. The highest BCUT2D eigenvalue weighted by Crippen LogP contribution is 2.36. The van der Waals surface area contributed by atoms with Gasteiger partial charge in [0.25, 0.3) is 0 Å². The molecule has 4 aromatic rings. The molecule has 0 aliphatic carbocycles. The minimum atomic E-state index is -0.318. The smallest absolute Gasteiger partial charge is 0.129 e.